The van der Waals surface area contributed by atoms with E-state index in [9.17, 15) is 0 Å². The molecule has 1 aromatic heterocycles. The minimum Gasteiger partial charge on any atom is -0.352 e. The first kappa shape index (κ1) is 14.4. The summed E-state index contributed by atoms with van der Waals surface area (Å²) < 4.78 is 1.17. The van der Waals surface area contributed by atoms with E-state index in [4.69, 9.17) is 0 Å². The average molecular weight is 357 g/mol. The summed E-state index contributed by atoms with van der Waals surface area (Å²) in [6.45, 7) is 3.22. The maximum absolute atomic E-state index is 4.33. The first-order valence-electron chi connectivity index (χ1n) is 7.20. The second kappa shape index (κ2) is 6.45. The summed E-state index contributed by atoms with van der Waals surface area (Å²) in [6, 6.07) is 5.64. The van der Waals surface area contributed by atoms with Gasteiger partial charge in [-0.3, -0.25) is 9.89 Å². The first-order chi connectivity index (χ1) is 9.74. The molecule has 0 radical (unpaired) electrons. The molecule has 1 aliphatic carbocycles. The Balaban J connectivity index is 1.45. The van der Waals surface area contributed by atoms with E-state index in [2.05, 4.69) is 48.6 Å². The van der Waals surface area contributed by atoms with Crippen molar-refractivity contribution in [3.63, 3.8) is 0 Å². The van der Waals surface area contributed by atoms with Crippen molar-refractivity contribution in [3.05, 3.63) is 20.8 Å². The largest absolute Gasteiger partial charge is 0.352 e. The summed E-state index contributed by atoms with van der Waals surface area (Å²) in [5.41, 5.74) is 0. The summed E-state index contributed by atoms with van der Waals surface area (Å²) >= 11 is 5.25. The van der Waals surface area contributed by atoms with Crippen LogP contribution in [-0.2, 0) is 6.54 Å². The number of thiophene rings is 1. The lowest BCUT2D eigenvalue weighted by molar-refractivity contribution is 0.321. The van der Waals surface area contributed by atoms with E-state index < -0.39 is 0 Å². The highest BCUT2D eigenvalue weighted by molar-refractivity contribution is 9.11. The number of nitrogens with zero attached hydrogens (tertiary/aromatic N) is 2. The van der Waals surface area contributed by atoms with Gasteiger partial charge in [-0.1, -0.05) is 0 Å². The predicted octanol–water partition coefficient (Wildman–Crippen LogP) is 2.41. The van der Waals surface area contributed by atoms with Gasteiger partial charge in [-0.15, -0.1) is 11.3 Å². The highest BCUT2D eigenvalue weighted by atomic mass is 79.9. The number of rotatable bonds is 4. The van der Waals surface area contributed by atoms with Gasteiger partial charge >= 0.3 is 0 Å². The van der Waals surface area contributed by atoms with Gasteiger partial charge in [0.1, 0.15) is 0 Å². The van der Waals surface area contributed by atoms with Crippen molar-refractivity contribution >= 4 is 33.2 Å². The topological polar surface area (TPSA) is 39.7 Å². The number of likely N-dealkylation sites (tertiary alicyclic amines) is 1. The van der Waals surface area contributed by atoms with Crippen LogP contribution in [0.4, 0.5) is 0 Å². The lowest BCUT2D eigenvalue weighted by atomic mass is 10.3. The molecule has 2 N–H and O–H groups in total. The molecule has 1 unspecified atom stereocenters. The molecular formula is C14H21BrN4S. The van der Waals surface area contributed by atoms with Gasteiger partial charge in [-0.05, 0) is 47.3 Å². The number of hydrogen-bond donors (Lipinski definition) is 2. The van der Waals surface area contributed by atoms with Crippen molar-refractivity contribution in [3.8, 4) is 0 Å². The summed E-state index contributed by atoms with van der Waals surface area (Å²) in [7, 11) is 1.84. The Morgan fingerprint density at radius 1 is 1.45 bits per heavy atom. The molecule has 6 heteroatoms. The Morgan fingerprint density at radius 2 is 2.30 bits per heavy atom. The van der Waals surface area contributed by atoms with Crippen LogP contribution >= 0.6 is 27.3 Å². The zero-order chi connectivity index (χ0) is 13.9. The monoisotopic (exact) mass is 356 g/mol. The third-order valence-corrected chi connectivity index (χ3v) is 5.53. The molecule has 3 rings (SSSR count). The van der Waals surface area contributed by atoms with Crippen LogP contribution in [0.5, 0.6) is 0 Å². The maximum atomic E-state index is 4.33. The fourth-order valence-electron chi connectivity index (χ4n) is 2.68. The molecule has 4 nitrogen and oxygen atoms in total. The van der Waals surface area contributed by atoms with Gasteiger partial charge in [0.25, 0.3) is 0 Å². The molecule has 1 saturated carbocycles. The van der Waals surface area contributed by atoms with Crippen LogP contribution in [0.2, 0.25) is 0 Å². The van der Waals surface area contributed by atoms with E-state index in [1.165, 1.54) is 34.5 Å². The van der Waals surface area contributed by atoms with Crippen LogP contribution in [0.3, 0.4) is 0 Å². The van der Waals surface area contributed by atoms with Crippen molar-refractivity contribution in [1.29, 1.82) is 0 Å². The average Bonchev–Trinajstić information content (AvgIpc) is 3.06. The van der Waals surface area contributed by atoms with Crippen molar-refractivity contribution in [2.45, 2.75) is 37.9 Å². The summed E-state index contributed by atoms with van der Waals surface area (Å²) in [5.74, 6) is 0.914. The van der Waals surface area contributed by atoms with Crippen molar-refractivity contribution < 1.29 is 0 Å². The van der Waals surface area contributed by atoms with Gasteiger partial charge in [-0.25, -0.2) is 0 Å². The van der Waals surface area contributed by atoms with Crippen LogP contribution in [0.15, 0.2) is 20.9 Å². The third-order valence-electron chi connectivity index (χ3n) is 3.91. The fraction of sp³-hybridized carbons (Fsp3) is 0.643. The minimum atomic E-state index is 0.539. The molecule has 0 aromatic carbocycles. The van der Waals surface area contributed by atoms with Crippen LogP contribution in [-0.4, -0.2) is 43.1 Å². The number of hydrogen-bond acceptors (Lipinski definition) is 3. The molecule has 1 aromatic rings. The second-order valence-electron chi connectivity index (χ2n) is 5.49. The predicted molar refractivity (Wildman–Crippen MR) is 88.4 cm³/mol. The normalized spacial score (nSPS) is 24.1. The van der Waals surface area contributed by atoms with Crippen molar-refractivity contribution in [2.75, 3.05) is 20.1 Å². The minimum absolute atomic E-state index is 0.539. The Hall–Kier alpha value is -0.590. The van der Waals surface area contributed by atoms with Crippen LogP contribution in [0.1, 0.15) is 24.1 Å². The standard InChI is InChI=1S/C14H21BrN4S/c1-16-14(17-8-12-4-5-13(15)20-12)18-10-6-7-19(9-10)11-2-3-11/h4-5,10-11H,2-3,6-9H2,1H3,(H2,16,17,18). The smallest absolute Gasteiger partial charge is 0.191 e. The molecule has 2 aliphatic rings. The summed E-state index contributed by atoms with van der Waals surface area (Å²) in [6.07, 6.45) is 4.02. The van der Waals surface area contributed by atoms with E-state index in [1.807, 2.05) is 7.05 Å². The number of guanidine groups is 1. The van der Waals surface area contributed by atoms with Gasteiger partial charge in [0, 0.05) is 37.1 Å². The Kier molecular flexibility index (Phi) is 4.63. The van der Waals surface area contributed by atoms with E-state index in [0.29, 0.717) is 6.04 Å². The molecular weight excluding hydrogens is 336 g/mol. The fourth-order valence-corrected chi connectivity index (χ4v) is 4.10. The Morgan fingerprint density at radius 3 is 2.95 bits per heavy atom. The molecule has 0 spiro atoms. The molecule has 0 amide bonds. The van der Waals surface area contributed by atoms with Crippen LogP contribution in [0.25, 0.3) is 0 Å². The van der Waals surface area contributed by atoms with Gasteiger partial charge < -0.3 is 10.6 Å². The third kappa shape index (κ3) is 3.74. The highest BCUT2D eigenvalue weighted by Crippen LogP contribution is 2.29. The lowest BCUT2D eigenvalue weighted by Gasteiger charge is -2.18. The molecule has 1 saturated heterocycles. The first-order valence-corrected chi connectivity index (χ1v) is 8.81. The lowest BCUT2D eigenvalue weighted by Crippen LogP contribution is -2.44. The quantitative estimate of drug-likeness (QED) is 0.642. The molecule has 1 atom stereocenters. The number of aliphatic imine (C=N–C) groups is 1. The van der Waals surface area contributed by atoms with Gasteiger partial charge in [-0.2, -0.15) is 0 Å². The molecule has 2 heterocycles. The number of nitrogens with one attached hydrogen (secondary N) is 2. The van der Waals surface area contributed by atoms with Crippen molar-refractivity contribution in [1.82, 2.24) is 15.5 Å². The maximum Gasteiger partial charge on any atom is 0.191 e. The summed E-state index contributed by atoms with van der Waals surface area (Å²) in [5, 5.41) is 6.94. The molecule has 1 aliphatic heterocycles. The Bertz CT molecular complexity index is 483. The van der Waals surface area contributed by atoms with Crippen molar-refractivity contribution in [2.24, 2.45) is 4.99 Å². The zero-order valence-electron chi connectivity index (χ0n) is 11.7. The van der Waals surface area contributed by atoms with Gasteiger partial charge in [0.05, 0.1) is 10.3 Å². The van der Waals surface area contributed by atoms with E-state index in [0.717, 1.165) is 25.1 Å². The van der Waals surface area contributed by atoms with Gasteiger partial charge in [0.2, 0.25) is 0 Å². The molecule has 20 heavy (non-hydrogen) atoms. The van der Waals surface area contributed by atoms with Gasteiger partial charge in [0.15, 0.2) is 5.96 Å². The van der Waals surface area contributed by atoms with Crippen LogP contribution in [0, 0.1) is 0 Å². The molecule has 110 valence electrons. The zero-order valence-corrected chi connectivity index (χ0v) is 14.1. The van der Waals surface area contributed by atoms with E-state index in [-0.39, 0.29) is 0 Å². The second-order valence-corrected chi connectivity index (χ2v) is 8.04. The molecule has 0 bridgehead atoms. The van der Waals surface area contributed by atoms with E-state index >= 15 is 0 Å². The molecule has 2 fully saturated rings. The Labute approximate surface area is 132 Å². The summed E-state index contributed by atoms with van der Waals surface area (Å²) in [4.78, 5) is 8.25. The SMILES string of the molecule is CN=C(NCc1ccc(Br)s1)NC1CCN(C2CC2)C1. The number of halogens is 1. The highest BCUT2D eigenvalue weighted by Gasteiger charge is 2.34. The van der Waals surface area contributed by atoms with E-state index in [1.54, 1.807) is 11.3 Å². The van der Waals surface area contributed by atoms with Crippen LogP contribution < -0.4 is 10.6 Å².